The van der Waals surface area contributed by atoms with Crippen molar-refractivity contribution < 1.29 is 9.18 Å². The molecule has 2 atom stereocenters. The van der Waals surface area contributed by atoms with Crippen LogP contribution in [0.15, 0.2) is 42.0 Å². The van der Waals surface area contributed by atoms with Gasteiger partial charge >= 0.3 is 0 Å². The van der Waals surface area contributed by atoms with Crippen molar-refractivity contribution in [2.45, 2.75) is 12.0 Å². The quantitative estimate of drug-likeness (QED) is 0.766. The van der Waals surface area contributed by atoms with Crippen molar-refractivity contribution in [3.05, 3.63) is 59.4 Å². The van der Waals surface area contributed by atoms with Crippen LogP contribution in [-0.4, -0.2) is 44.5 Å². The number of halogens is 1. The van der Waals surface area contributed by atoms with Crippen LogP contribution >= 0.6 is 11.3 Å². The normalized spacial score (nSPS) is 19.9. The van der Waals surface area contributed by atoms with Gasteiger partial charge in [0, 0.05) is 49.5 Å². The molecule has 0 unspecified atom stereocenters. The maximum Gasteiger partial charge on any atom is 0.273 e. The predicted octanol–water partition coefficient (Wildman–Crippen LogP) is 2.25. The van der Waals surface area contributed by atoms with Crippen LogP contribution in [0.3, 0.4) is 0 Å². The summed E-state index contributed by atoms with van der Waals surface area (Å²) in [6.45, 7) is 0.994. The fourth-order valence-electron chi connectivity index (χ4n) is 3.26. The van der Waals surface area contributed by atoms with Gasteiger partial charge in [-0.05, 0) is 24.3 Å². The lowest BCUT2D eigenvalue weighted by Crippen LogP contribution is -2.32. The van der Waals surface area contributed by atoms with Crippen LogP contribution < -0.4 is 5.73 Å². The third-order valence-electron chi connectivity index (χ3n) is 4.66. The second kappa shape index (κ2) is 6.62. The number of likely N-dealkylation sites (tertiary alicyclic amines) is 1. The highest BCUT2D eigenvalue weighted by molar-refractivity contribution is 7.13. The number of nitrogens with two attached hydrogens (primary N) is 1. The summed E-state index contributed by atoms with van der Waals surface area (Å²) < 4.78 is 15.0. The molecule has 0 radical (unpaired) electrons. The number of hydrogen-bond donors (Lipinski definition) is 1. The van der Waals surface area contributed by atoms with E-state index in [0.717, 1.165) is 11.4 Å². The van der Waals surface area contributed by atoms with Gasteiger partial charge in [0.15, 0.2) is 0 Å². The van der Waals surface area contributed by atoms with Gasteiger partial charge in [-0.1, -0.05) is 0 Å². The Kier molecular flexibility index (Phi) is 4.29. The Balaban J connectivity index is 1.52. The second-order valence-corrected chi connectivity index (χ2v) is 7.28. The number of rotatable bonds is 3. The molecule has 0 aliphatic carbocycles. The van der Waals surface area contributed by atoms with Crippen molar-refractivity contribution >= 4 is 17.2 Å². The summed E-state index contributed by atoms with van der Waals surface area (Å²) in [6, 6.07) is 5.93. The minimum absolute atomic E-state index is 0.00848. The van der Waals surface area contributed by atoms with E-state index < -0.39 is 0 Å². The second-order valence-electron chi connectivity index (χ2n) is 6.42. The highest BCUT2D eigenvalue weighted by Crippen LogP contribution is 2.28. The molecule has 134 valence electrons. The first-order valence-electron chi connectivity index (χ1n) is 8.26. The Morgan fingerprint density at radius 2 is 2.08 bits per heavy atom. The molecule has 3 heterocycles. The average molecular weight is 371 g/mol. The van der Waals surface area contributed by atoms with E-state index in [1.54, 1.807) is 28.6 Å². The summed E-state index contributed by atoms with van der Waals surface area (Å²) in [5, 5.41) is 2.43. The van der Waals surface area contributed by atoms with Gasteiger partial charge in [0.05, 0.1) is 5.92 Å². The molecule has 6 nitrogen and oxygen atoms in total. The first kappa shape index (κ1) is 16.9. The number of benzene rings is 1. The first-order chi connectivity index (χ1) is 12.5. The molecule has 1 aliphatic heterocycles. The molecule has 4 rings (SSSR count). The summed E-state index contributed by atoms with van der Waals surface area (Å²) in [4.78, 5) is 23.3. The Hall–Kier alpha value is -2.58. The molecule has 1 aromatic carbocycles. The van der Waals surface area contributed by atoms with Crippen LogP contribution in [0.1, 0.15) is 22.2 Å². The molecule has 0 saturated carbocycles. The van der Waals surface area contributed by atoms with Gasteiger partial charge in [-0.15, -0.1) is 11.3 Å². The molecule has 1 aliphatic rings. The first-order valence-corrected chi connectivity index (χ1v) is 9.14. The van der Waals surface area contributed by atoms with Gasteiger partial charge in [-0.3, -0.25) is 4.79 Å². The van der Waals surface area contributed by atoms with Crippen molar-refractivity contribution in [1.82, 2.24) is 19.4 Å². The van der Waals surface area contributed by atoms with Gasteiger partial charge in [0.2, 0.25) is 0 Å². The van der Waals surface area contributed by atoms with Crippen LogP contribution in [0.25, 0.3) is 10.6 Å². The van der Waals surface area contributed by atoms with Gasteiger partial charge < -0.3 is 15.2 Å². The van der Waals surface area contributed by atoms with E-state index >= 15 is 0 Å². The number of carbonyl (C=O) groups is 1. The molecule has 1 fully saturated rings. The summed E-state index contributed by atoms with van der Waals surface area (Å²) in [7, 11) is 1.93. The van der Waals surface area contributed by atoms with E-state index in [0.29, 0.717) is 23.8 Å². The molecule has 0 spiro atoms. The zero-order valence-corrected chi connectivity index (χ0v) is 15.0. The zero-order chi connectivity index (χ0) is 18.3. The van der Waals surface area contributed by atoms with Crippen molar-refractivity contribution in [2.24, 2.45) is 12.8 Å². The number of nitrogens with zero attached hydrogens (tertiary/aromatic N) is 4. The minimum Gasteiger partial charge on any atom is -0.338 e. The van der Waals surface area contributed by atoms with Crippen LogP contribution in [0, 0.1) is 5.82 Å². The number of hydrogen-bond acceptors (Lipinski definition) is 5. The Labute approximate surface area is 154 Å². The molecular weight excluding hydrogens is 353 g/mol. The minimum atomic E-state index is -0.298. The smallest absolute Gasteiger partial charge is 0.273 e. The van der Waals surface area contributed by atoms with Crippen LogP contribution in [0.2, 0.25) is 0 Å². The van der Waals surface area contributed by atoms with Crippen molar-refractivity contribution in [2.75, 3.05) is 13.1 Å². The maximum absolute atomic E-state index is 13.1. The molecule has 2 N–H and O–H groups in total. The monoisotopic (exact) mass is 371 g/mol. The highest BCUT2D eigenvalue weighted by Gasteiger charge is 2.36. The van der Waals surface area contributed by atoms with E-state index in [4.69, 9.17) is 5.73 Å². The largest absolute Gasteiger partial charge is 0.338 e. The lowest BCUT2D eigenvalue weighted by molar-refractivity contribution is 0.0784. The van der Waals surface area contributed by atoms with E-state index in [2.05, 4.69) is 9.97 Å². The van der Waals surface area contributed by atoms with E-state index in [1.165, 1.54) is 23.5 Å². The molecule has 26 heavy (non-hydrogen) atoms. The van der Waals surface area contributed by atoms with Crippen molar-refractivity contribution in [1.29, 1.82) is 0 Å². The van der Waals surface area contributed by atoms with Crippen LogP contribution in [0.5, 0.6) is 0 Å². The lowest BCUT2D eigenvalue weighted by atomic mass is 10.0. The fraction of sp³-hybridized carbons (Fsp3) is 0.278. The molecule has 8 heteroatoms. The third-order valence-corrected chi connectivity index (χ3v) is 5.55. The Morgan fingerprint density at radius 1 is 1.31 bits per heavy atom. The summed E-state index contributed by atoms with van der Waals surface area (Å²) in [5.41, 5.74) is 7.44. The van der Waals surface area contributed by atoms with E-state index in [-0.39, 0.29) is 23.7 Å². The van der Waals surface area contributed by atoms with Gasteiger partial charge in [-0.2, -0.15) is 0 Å². The van der Waals surface area contributed by atoms with Crippen LogP contribution in [-0.2, 0) is 7.05 Å². The molecule has 2 aromatic heterocycles. The summed E-state index contributed by atoms with van der Waals surface area (Å²) in [6.07, 6.45) is 3.61. The predicted molar refractivity (Wildman–Crippen MR) is 97.3 cm³/mol. The topological polar surface area (TPSA) is 77.0 Å². The number of aryl methyl sites for hydroxylation is 1. The van der Waals surface area contributed by atoms with Crippen molar-refractivity contribution in [3.63, 3.8) is 0 Å². The SMILES string of the molecule is Cn1ccnc1[C@@H]1CN(C(=O)c2csc(-c3ccc(F)cc3)n2)C[C@H]1N. The fourth-order valence-corrected chi connectivity index (χ4v) is 4.06. The Morgan fingerprint density at radius 3 is 2.77 bits per heavy atom. The number of thiazole rings is 1. The molecule has 1 amide bonds. The summed E-state index contributed by atoms with van der Waals surface area (Å²) >= 11 is 1.37. The lowest BCUT2D eigenvalue weighted by Gasteiger charge is -2.15. The van der Waals surface area contributed by atoms with E-state index in [9.17, 15) is 9.18 Å². The average Bonchev–Trinajstić information content (AvgIpc) is 3.35. The van der Waals surface area contributed by atoms with E-state index in [1.807, 2.05) is 17.8 Å². The molecule has 3 aromatic rings. The molecule has 0 bridgehead atoms. The number of carbonyl (C=O) groups excluding carboxylic acids is 1. The van der Waals surface area contributed by atoms with Gasteiger partial charge in [0.1, 0.15) is 22.3 Å². The highest BCUT2D eigenvalue weighted by atomic mass is 32.1. The van der Waals surface area contributed by atoms with Gasteiger partial charge in [-0.25, -0.2) is 14.4 Å². The number of amides is 1. The third kappa shape index (κ3) is 3.02. The molecule has 1 saturated heterocycles. The number of aromatic nitrogens is 3. The standard InChI is InChI=1S/C18H18FN5OS/c1-23-7-6-21-16(23)13-8-24(9-14(13)20)18(25)15-10-26-17(22-15)11-2-4-12(19)5-3-11/h2-7,10,13-14H,8-9,20H2,1H3/t13-,14-/m1/s1. The zero-order valence-electron chi connectivity index (χ0n) is 14.2. The van der Waals surface area contributed by atoms with Crippen molar-refractivity contribution in [3.8, 4) is 10.6 Å². The summed E-state index contributed by atoms with van der Waals surface area (Å²) in [5.74, 6) is 0.460. The van der Waals surface area contributed by atoms with Gasteiger partial charge in [0.25, 0.3) is 5.91 Å². The Bertz CT molecular complexity index is 935. The van der Waals surface area contributed by atoms with Crippen LogP contribution in [0.4, 0.5) is 4.39 Å². The maximum atomic E-state index is 13.1. The molecular formula is C18H18FN5OS. The number of imidazole rings is 1.